The van der Waals surface area contributed by atoms with Gasteiger partial charge in [-0.15, -0.1) is 0 Å². The summed E-state index contributed by atoms with van der Waals surface area (Å²) in [6.07, 6.45) is 3.15. The molecule has 28 heavy (non-hydrogen) atoms. The highest BCUT2D eigenvalue weighted by atomic mass is 19.1. The number of benzene rings is 1. The Morgan fingerprint density at radius 1 is 1.29 bits per heavy atom. The van der Waals surface area contributed by atoms with Gasteiger partial charge in [0.25, 0.3) is 0 Å². The Labute approximate surface area is 162 Å². The van der Waals surface area contributed by atoms with Crippen molar-refractivity contribution in [1.29, 1.82) is 5.26 Å². The van der Waals surface area contributed by atoms with Gasteiger partial charge in [-0.1, -0.05) is 43.2 Å². The molecule has 2 aromatic heterocycles. The van der Waals surface area contributed by atoms with E-state index in [1.807, 2.05) is 30.3 Å². The van der Waals surface area contributed by atoms with Crippen molar-refractivity contribution in [2.24, 2.45) is 0 Å². The second kappa shape index (κ2) is 7.47. The van der Waals surface area contributed by atoms with Gasteiger partial charge in [-0.25, -0.2) is 9.37 Å². The second-order valence-electron chi connectivity index (χ2n) is 7.23. The molecule has 1 aromatic carbocycles. The first-order valence-electron chi connectivity index (χ1n) is 9.47. The molecule has 144 valence electrons. The molecule has 2 heterocycles. The lowest BCUT2D eigenvalue weighted by Crippen LogP contribution is -2.45. The molecule has 2 N–H and O–H groups in total. The lowest BCUT2D eigenvalue weighted by Gasteiger charge is -2.39. The van der Waals surface area contributed by atoms with Crippen molar-refractivity contribution >= 4 is 16.7 Å². The maximum absolute atomic E-state index is 15.1. The van der Waals surface area contributed by atoms with Gasteiger partial charge in [0.2, 0.25) is 5.88 Å². The van der Waals surface area contributed by atoms with E-state index in [1.165, 1.54) is 0 Å². The van der Waals surface area contributed by atoms with Crippen LogP contribution in [0.2, 0.25) is 0 Å². The van der Waals surface area contributed by atoms with E-state index in [1.54, 1.807) is 16.9 Å². The number of fused-ring (bicyclic) bond motifs is 1. The molecular formula is C21H22FN5O. The van der Waals surface area contributed by atoms with Gasteiger partial charge in [-0.3, -0.25) is 4.68 Å². The number of hydrogen-bond donors (Lipinski definition) is 1. The average Bonchev–Trinajstić information content (AvgIpc) is 3.07. The lowest BCUT2D eigenvalue weighted by molar-refractivity contribution is 0.0612. The van der Waals surface area contributed by atoms with Crippen molar-refractivity contribution in [2.75, 3.05) is 5.73 Å². The largest absolute Gasteiger partial charge is 0.472 e. The maximum atomic E-state index is 15.1. The fourth-order valence-electron chi connectivity index (χ4n) is 4.07. The van der Waals surface area contributed by atoms with Gasteiger partial charge in [0.15, 0.2) is 5.82 Å². The number of rotatable bonds is 5. The van der Waals surface area contributed by atoms with Crippen molar-refractivity contribution in [3.63, 3.8) is 0 Å². The van der Waals surface area contributed by atoms with Gasteiger partial charge in [0, 0.05) is 6.20 Å². The zero-order chi connectivity index (χ0) is 19.6. The van der Waals surface area contributed by atoms with Crippen LogP contribution < -0.4 is 10.5 Å². The number of nitriles is 1. The molecule has 0 unspecified atom stereocenters. The smallest absolute Gasteiger partial charge is 0.227 e. The molecule has 4 rings (SSSR count). The Morgan fingerprint density at radius 2 is 2.11 bits per heavy atom. The van der Waals surface area contributed by atoms with E-state index in [9.17, 15) is 5.26 Å². The SMILES string of the molecule is N#CC[C@]1(n2nc(N)c3c(OCc4ccccc4)nccc32)CCCC[C@H]1F. The number of aromatic nitrogens is 3. The van der Waals surface area contributed by atoms with Crippen molar-refractivity contribution in [1.82, 2.24) is 14.8 Å². The summed E-state index contributed by atoms with van der Waals surface area (Å²) < 4.78 is 22.6. The summed E-state index contributed by atoms with van der Waals surface area (Å²) in [4.78, 5) is 4.31. The van der Waals surface area contributed by atoms with E-state index in [0.717, 1.165) is 18.4 Å². The minimum Gasteiger partial charge on any atom is -0.472 e. The van der Waals surface area contributed by atoms with E-state index in [0.29, 0.717) is 36.2 Å². The van der Waals surface area contributed by atoms with Crippen LogP contribution >= 0.6 is 0 Å². The molecule has 0 bridgehead atoms. The standard InChI is InChI=1S/C21H22FN5O/c22-17-8-4-5-10-21(17,11-12-23)27-16-9-13-25-20(18(16)19(24)26-27)28-14-15-6-2-1-3-7-15/h1-3,6-7,9,13,17H,4-5,8,10-11,14H2,(H2,24,26)/t17-,21-/m1/s1. The van der Waals surface area contributed by atoms with Crippen LogP contribution in [0.25, 0.3) is 10.9 Å². The van der Waals surface area contributed by atoms with Crippen LogP contribution in [-0.4, -0.2) is 20.9 Å². The van der Waals surface area contributed by atoms with Crippen molar-refractivity contribution in [3.8, 4) is 11.9 Å². The summed E-state index contributed by atoms with van der Waals surface area (Å²) >= 11 is 0. The highest BCUT2D eigenvalue weighted by molar-refractivity contribution is 5.93. The highest BCUT2D eigenvalue weighted by Gasteiger charge is 2.45. The number of ether oxygens (including phenoxy) is 1. The van der Waals surface area contributed by atoms with E-state index >= 15 is 4.39 Å². The van der Waals surface area contributed by atoms with Crippen LogP contribution in [0.1, 0.15) is 37.7 Å². The van der Waals surface area contributed by atoms with Crippen molar-refractivity contribution in [3.05, 3.63) is 48.2 Å². The van der Waals surface area contributed by atoms with Crippen LogP contribution in [0.5, 0.6) is 5.88 Å². The third-order valence-corrected chi connectivity index (χ3v) is 5.51. The number of pyridine rings is 1. The first kappa shape index (κ1) is 18.2. The molecule has 0 radical (unpaired) electrons. The van der Waals surface area contributed by atoms with Crippen LogP contribution in [-0.2, 0) is 12.1 Å². The van der Waals surface area contributed by atoms with Crippen molar-refractivity contribution in [2.45, 2.75) is 50.4 Å². The summed E-state index contributed by atoms with van der Waals surface area (Å²) in [6.45, 7) is 0.340. The van der Waals surface area contributed by atoms with Gasteiger partial charge in [0.1, 0.15) is 23.7 Å². The number of nitrogens with zero attached hydrogens (tertiary/aromatic N) is 4. The zero-order valence-corrected chi connectivity index (χ0v) is 15.5. The topological polar surface area (TPSA) is 89.8 Å². The number of alkyl halides is 1. The molecule has 2 atom stereocenters. The zero-order valence-electron chi connectivity index (χ0n) is 15.5. The Morgan fingerprint density at radius 3 is 2.86 bits per heavy atom. The molecule has 1 fully saturated rings. The van der Waals surface area contributed by atoms with Crippen LogP contribution in [0, 0.1) is 11.3 Å². The summed E-state index contributed by atoms with van der Waals surface area (Å²) in [5, 5.41) is 14.4. The summed E-state index contributed by atoms with van der Waals surface area (Å²) in [5.41, 5.74) is 6.85. The molecular weight excluding hydrogens is 357 g/mol. The third-order valence-electron chi connectivity index (χ3n) is 5.51. The minimum absolute atomic E-state index is 0.0485. The minimum atomic E-state index is -1.15. The molecule has 1 aliphatic rings. The van der Waals surface area contributed by atoms with Gasteiger partial charge in [-0.2, -0.15) is 10.4 Å². The highest BCUT2D eigenvalue weighted by Crippen LogP contribution is 2.43. The molecule has 7 heteroatoms. The predicted octanol–water partition coefficient (Wildman–Crippen LogP) is 4.11. The quantitative estimate of drug-likeness (QED) is 0.720. The fourth-order valence-corrected chi connectivity index (χ4v) is 4.07. The molecule has 0 amide bonds. The Balaban J connectivity index is 1.76. The molecule has 6 nitrogen and oxygen atoms in total. The van der Waals surface area contributed by atoms with Gasteiger partial charge >= 0.3 is 0 Å². The van der Waals surface area contributed by atoms with Crippen molar-refractivity contribution < 1.29 is 9.13 Å². The van der Waals surface area contributed by atoms with E-state index in [4.69, 9.17) is 10.5 Å². The number of halogens is 1. The Bertz CT molecular complexity index is 1010. The normalized spacial score (nSPS) is 22.1. The van der Waals surface area contributed by atoms with E-state index < -0.39 is 11.7 Å². The Hall–Kier alpha value is -3.14. The van der Waals surface area contributed by atoms with Gasteiger partial charge in [0.05, 0.1) is 18.0 Å². The maximum Gasteiger partial charge on any atom is 0.227 e. The third kappa shape index (κ3) is 3.05. The number of nitrogen functional groups attached to an aromatic ring is 1. The lowest BCUT2D eigenvalue weighted by atomic mass is 9.78. The molecule has 1 aliphatic carbocycles. The van der Waals surface area contributed by atoms with E-state index in [-0.39, 0.29) is 12.2 Å². The first-order valence-corrected chi connectivity index (χ1v) is 9.47. The predicted molar refractivity (Wildman–Crippen MR) is 104 cm³/mol. The summed E-state index contributed by atoms with van der Waals surface area (Å²) in [5.74, 6) is 0.602. The van der Waals surface area contributed by atoms with E-state index in [2.05, 4.69) is 16.2 Å². The molecule has 0 saturated heterocycles. The Kier molecular flexibility index (Phi) is 4.86. The summed E-state index contributed by atoms with van der Waals surface area (Å²) in [7, 11) is 0. The molecule has 0 spiro atoms. The van der Waals surface area contributed by atoms with Crippen LogP contribution in [0.15, 0.2) is 42.6 Å². The van der Waals surface area contributed by atoms with Gasteiger partial charge < -0.3 is 10.5 Å². The van der Waals surface area contributed by atoms with Crippen LogP contribution in [0.3, 0.4) is 0 Å². The molecule has 0 aliphatic heterocycles. The molecule has 3 aromatic rings. The molecule has 1 saturated carbocycles. The summed E-state index contributed by atoms with van der Waals surface area (Å²) in [6, 6.07) is 13.7. The second-order valence-corrected chi connectivity index (χ2v) is 7.23. The number of nitrogens with two attached hydrogens (primary N) is 1. The average molecular weight is 379 g/mol. The first-order chi connectivity index (χ1) is 13.7. The number of anilines is 1. The van der Waals surface area contributed by atoms with Gasteiger partial charge in [-0.05, 0) is 24.5 Å². The number of hydrogen-bond acceptors (Lipinski definition) is 5. The monoisotopic (exact) mass is 379 g/mol. The van der Waals surface area contributed by atoms with Crippen LogP contribution in [0.4, 0.5) is 10.2 Å². The fraction of sp³-hybridized carbons (Fsp3) is 0.381.